The number of aromatic hydroxyl groups is 1. The molecule has 0 radical (unpaired) electrons. The Hall–Kier alpha value is -1.75. The van der Waals surface area contributed by atoms with E-state index >= 15 is 0 Å². The third-order valence-electron chi connectivity index (χ3n) is 3.54. The van der Waals surface area contributed by atoms with Gasteiger partial charge in [-0.15, -0.1) is 0 Å². The number of carbonyl (C=O) groups excluding carboxylic acids is 2. The Balaban J connectivity index is 2.25. The summed E-state index contributed by atoms with van der Waals surface area (Å²) in [4.78, 5) is 25.6. The van der Waals surface area contributed by atoms with E-state index < -0.39 is 12.1 Å². The molecule has 6 heteroatoms. The lowest BCUT2D eigenvalue weighted by atomic mass is 10.1. The van der Waals surface area contributed by atoms with E-state index in [0.29, 0.717) is 12.1 Å². The molecular weight excluding hydrogens is 280 g/mol. The van der Waals surface area contributed by atoms with Gasteiger partial charge in [0.1, 0.15) is 5.75 Å². The van der Waals surface area contributed by atoms with Gasteiger partial charge in [0.25, 0.3) is 5.91 Å². The molecule has 2 atom stereocenters. The van der Waals surface area contributed by atoms with Crippen LogP contribution in [0.5, 0.6) is 5.75 Å². The molecule has 20 heavy (non-hydrogen) atoms. The molecule has 1 aromatic carbocycles. The van der Waals surface area contributed by atoms with Crippen LogP contribution < -0.4 is 0 Å². The molecule has 108 valence electrons. The van der Waals surface area contributed by atoms with Crippen LogP contribution in [0.3, 0.4) is 0 Å². The van der Waals surface area contributed by atoms with Crippen molar-refractivity contribution in [1.29, 1.82) is 0 Å². The zero-order chi connectivity index (χ0) is 14.9. The summed E-state index contributed by atoms with van der Waals surface area (Å²) >= 11 is 5.98. The third-order valence-corrected chi connectivity index (χ3v) is 3.88. The van der Waals surface area contributed by atoms with Gasteiger partial charge in [0.05, 0.1) is 0 Å². The number of carbonyl (C=O) groups is 2. The summed E-state index contributed by atoms with van der Waals surface area (Å²) in [5.74, 6) is 0.00521. The highest BCUT2D eigenvalue weighted by Gasteiger charge is 2.45. The minimum Gasteiger partial charge on any atom is -0.508 e. The topological polar surface area (TPSA) is 60.9 Å². The Morgan fingerprint density at radius 3 is 2.45 bits per heavy atom. The van der Waals surface area contributed by atoms with Gasteiger partial charge in [-0.25, -0.2) is 9.21 Å². The van der Waals surface area contributed by atoms with Crippen molar-refractivity contribution in [2.45, 2.75) is 26.3 Å². The quantitative estimate of drug-likeness (QED) is 0.686. The zero-order valence-corrected chi connectivity index (χ0v) is 12.2. The van der Waals surface area contributed by atoms with Crippen molar-refractivity contribution in [3.8, 4) is 5.75 Å². The van der Waals surface area contributed by atoms with Crippen LogP contribution in [0, 0.1) is 5.92 Å². The van der Waals surface area contributed by atoms with Gasteiger partial charge in [-0.2, -0.15) is 0 Å². The van der Waals surface area contributed by atoms with Crippen molar-refractivity contribution < 1.29 is 14.7 Å². The van der Waals surface area contributed by atoms with Gasteiger partial charge in [-0.05, 0) is 23.6 Å². The molecule has 0 aliphatic carbocycles. The maximum atomic E-state index is 12.4. The first-order valence-electron chi connectivity index (χ1n) is 6.55. The van der Waals surface area contributed by atoms with E-state index in [9.17, 15) is 14.7 Å². The molecule has 1 heterocycles. The second-order valence-electron chi connectivity index (χ2n) is 5.05. The molecule has 0 spiro atoms. The summed E-state index contributed by atoms with van der Waals surface area (Å²) in [5, 5.41) is 9.28. The monoisotopic (exact) mass is 296 g/mol. The second kappa shape index (κ2) is 5.71. The Kier molecular flexibility index (Phi) is 4.18. The normalized spacial score (nSPS) is 20.6. The number of phenolic OH excluding ortho intramolecular Hbond substituents is 1. The molecule has 1 N–H and O–H groups in total. The molecule has 2 unspecified atom stereocenters. The molecule has 5 nitrogen and oxygen atoms in total. The molecule has 1 aliphatic heterocycles. The summed E-state index contributed by atoms with van der Waals surface area (Å²) in [5.41, 5.74) is 0.586. The lowest BCUT2D eigenvalue weighted by molar-refractivity contribution is -0.128. The molecule has 1 aromatic rings. The van der Waals surface area contributed by atoms with Crippen molar-refractivity contribution in [2.75, 3.05) is 6.54 Å². The molecule has 1 fully saturated rings. The van der Waals surface area contributed by atoms with E-state index in [4.69, 9.17) is 11.8 Å². The number of amides is 3. The number of nitrogens with zero attached hydrogens (tertiary/aromatic N) is 2. The first-order chi connectivity index (χ1) is 9.45. The SMILES string of the molecule is CCC(C)CN1C(=O)C(c2ccc(O)cc2)N(Cl)C1=O. The fourth-order valence-electron chi connectivity index (χ4n) is 2.10. The number of hydrogen-bond donors (Lipinski definition) is 1. The van der Waals surface area contributed by atoms with E-state index in [1.807, 2.05) is 13.8 Å². The van der Waals surface area contributed by atoms with Gasteiger partial charge in [0, 0.05) is 18.3 Å². The zero-order valence-electron chi connectivity index (χ0n) is 11.4. The number of rotatable bonds is 4. The smallest absolute Gasteiger partial charge is 0.342 e. The summed E-state index contributed by atoms with van der Waals surface area (Å²) in [6.45, 7) is 4.35. The van der Waals surface area contributed by atoms with Crippen LogP contribution in [-0.4, -0.2) is 32.9 Å². The van der Waals surface area contributed by atoms with Crippen LogP contribution in [0.2, 0.25) is 0 Å². The highest BCUT2D eigenvalue weighted by Crippen LogP contribution is 2.33. The van der Waals surface area contributed by atoms with Gasteiger partial charge in [-0.1, -0.05) is 32.4 Å². The minimum atomic E-state index is -0.825. The average Bonchev–Trinajstić information content (AvgIpc) is 2.64. The molecule has 0 aromatic heterocycles. The fourth-order valence-corrected chi connectivity index (χ4v) is 2.39. The van der Waals surface area contributed by atoms with Gasteiger partial charge in [0.2, 0.25) is 0 Å². The highest BCUT2D eigenvalue weighted by molar-refractivity contribution is 6.27. The molecule has 0 bridgehead atoms. The lowest BCUT2D eigenvalue weighted by Crippen LogP contribution is -2.34. The number of halogens is 1. The minimum absolute atomic E-state index is 0.100. The van der Waals surface area contributed by atoms with Gasteiger partial charge >= 0.3 is 6.03 Å². The third kappa shape index (κ3) is 2.58. The van der Waals surface area contributed by atoms with E-state index in [0.717, 1.165) is 10.8 Å². The average molecular weight is 297 g/mol. The molecule has 0 saturated carbocycles. The summed E-state index contributed by atoms with van der Waals surface area (Å²) in [7, 11) is 0. The lowest BCUT2D eigenvalue weighted by Gasteiger charge is -2.17. The maximum Gasteiger partial charge on any atom is 0.342 e. The van der Waals surface area contributed by atoms with Crippen LogP contribution in [0.15, 0.2) is 24.3 Å². The molecular formula is C14H17ClN2O3. The summed E-state index contributed by atoms with van der Waals surface area (Å²) in [6, 6.07) is 4.80. The predicted molar refractivity (Wildman–Crippen MR) is 75.1 cm³/mol. The largest absolute Gasteiger partial charge is 0.508 e. The first-order valence-corrected chi connectivity index (χ1v) is 6.88. The van der Waals surface area contributed by atoms with Crippen molar-refractivity contribution >= 4 is 23.7 Å². The summed E-state index contributed by atoms with van der Waals surface area (Å²) in [6.07, 6.45) is 0.878. The number of phenols is 1. The van der Waals surface area contributed by atoms with Crippen LogP contribution >= 0.6 is 11.8 Å². The van der Waals surface area contributed by atoms with E-state index in [2.05, 4.69) is 0 Å². The maximum absolute atomic E-state index is 12.4. The Morgan fingerprint density at radius 2 is 1.90 bits per heavy atom. The van der Waals surface area contributed by atoms with Gasteiger partial charge in [-0.3, -0.25) is 9.69 Å². The van der Waals surface area contributed by atoms with Crippen LogP contribution in [-0.2, 0) is 4.79 Å². The second-order valence-corrected chi connectivity index (χ2v) is 5.41. The number of benzene rings is 1. The van der Waals surface area contributed by atoms with Crippen molar-refractivity contribution in [2.24, 2.45) is 5.92 Å². The number of imide groups is 1. The Labute approximate surface area is 122 Å². The van der Waals surface area contributed by atoms with Gasteiger partial charge < -0.3 is 5.11 Å². The van der Waals surface area contributed by atoms with Crippen molar-refractivity contribution in [3.63, 3.8) is 0 Å². The highest BCUT2D eigenvalue weighted by atomic mass is 35.5. The number of urea groups is 1. The van der Waals surface area contributed by atoms with Gasteiger partial charge in [0.15, 0.2) is 6.04 Å². The Morgan fingerprint density at radius 1 is 1.30 bits per heavy atom. The summed E-state index contributed by atoms with van der Waals surface area (Å²) < 4.78 is 0.928. The molecule has 1 aliphatic rings. The molecule has 2 rings (SSSR count). The van der Waals surface area contributed by atoms with E-state index in [-0.39, 0.29) is 17.6 Å². The molecule has 1 saturated heterocycles. The standard InChI is InChI=1S/C14H17ClN2O3/c1-3-9(2)8-16-13(19)12(17(15)14(16)20)10-4-6-11(18)7-5-10/h4-7,9,12,18H,3,8H2,1-2H3. The van der Waals surface area contributed by atoms with E-state index in [1.165, 1.54) is 17.0 Å². The molecule has 3 amide bonds. The Bertz CT molecular complexity index is 518. The number of hydrogen-bond acceptors (Lipinski definition) is 3. The van der Waals surface area contributed by atoms with Crippen LogP contribution in [0.25, 0.3) is 0 Å². The van der Waals surface area contributed by atoms with Crippen molar-refractivity contribution in [3.05, 3.63) is 29.8 Å². The fraction of sp³-hybridized carbons (Fsp3) is 0.429. The first kappa shape index (κ1) is 14.7. The van der Waals surface area contributed by atoms with Crippen LogP contribution in [0.4, 0.5) is 4.79 Å². The van der Waals surface area contributed by atoms with Crippen molar-refractivity contribution in [1.82, 2.24) is 9.32 Å². The predicted octanol–water partition coefficient (Wildman–Crippen LogP) is 2.90. The van der Waals surface area contributed by atoms with Crippen LogP contribution in [0.1, 0.15) is 31.9 Å². The van der Waals surface area contributed by atoms with E-state index in [1.54, 1.807) is 12.1 Å².